The number of imide groups is 1. The first kappa shape index (κ1) is 41.7. The number of allylic oxidation sites excluding steroid dienone is 1. The minimum Gasteiger partial charge on any atom is -0.459 e. The Morgan fingerprint density at radius 1 is 0.780 bits per heavy atom. The van der Waals surface area contributed by atoms with Gasteiger partial charge in [-0.25, -0.2) is 9.69 Å². The fourth-order valence-corrected chi connectivity index (χ4v) is 13.7. The van der Waals surface area contributed by atoms with Crippen LogP contribution in [0.5, 0.6) is 0 Å². The van der Waals surface area contributed by atoms with Crippen molar-refractivity contribution >= 4 is 23.9 Å². The smallest absolute Gasteiger partial charge is 0.421 e. The summed E-state index contributed by atoms with van der Waals surface area (Å²) < 4.78 is 17.9. The van der Waals surface area contributed by atoms with E-state index in [0.29, 0.717) is 70.4 Å². The van der Waals surface area contributed by atoms with Crippen molar-refractivity contribution in [3.05, 3.63) is 11.3 Å². The maximum absolute atomic E-state index is 16.2. The zero-order valence-corrected chi connectivity index (χ0v) is 35.5. The number of amides is 3. The molecule has 14 nitrogen and oxygen atoms in total. The van der Waals surface area contributed by atoms with Gasteiger partial charge in [-0.05, 0) is 120 Å². The second kappa shape index (κ2) is 18.0. The Morgan fingerprint density at radius 3 is 2.12 bits per heavy atom. The molecule has 3 saturated carbocycles. The zero-order valence-electron chi connectivity index (χ0n) is 35.5. The second-order valence-electron chi connectivity index (χ2n) is 19.3. The molecule has 14 heteroatoms. The molecule has 4 saturated heterocycles. The number of carbonyl (C=O) groups is 4. The van der Waals surface area contributed by atoms with E-state index >= 15 is 14.4 Å². The number of piperazine rings is 1. The molecular formula is C45H70N6O8. The first-order valence-corrected chi connectivity index (χ1v) is 23.7. The molecule has 3 N–H and O–H groups in total. The summed E-state index contributed by atoms with van der Waals surface area (Å²) in [5, 5.41) is 18.1. The molecule has 328 valence electrons. The van der Waals surface area contributed by atoms with Crippen LogP contribution in [-0.4, -0.2) is 145 Å². The number of nitrogens with one attached hydrogen (secondary N) is 2. The molecule has 6 atom stereocenters. The van der Waals surface area contributed by atoms with Gasteiger partial charge >= 0.3 is 12.1 Å². The lowest BCUT2D eigenvalue weighted by atomic mass is 9.60. The van der Waals surface area contributed by atoms with Crippen molar-refractivity contribution in [2.75, 3.05) is 59.6 Å². The summed E-state index contributed by atoms with van der Waals surface area (Å²) in [6.07, 6.45) is 15.9. The predicted molar refractivity (Wildman–Crippen MR) is 218 cm³/mol. The molecule has 0 radical (unpaired) electrons. The Bertz CT molecular complexity index is 1580. The number of carbonyl (C=O) groups excluding carboxylic acids is 4. The molecule has 0 unspecified atom stereocenters. The average Bonchev–Trinajstić information content (AvgIpc) is 3.74. The van der Waals surface area contributed by atoms with E-state index in [4.69, 9.17) is 14.2 Å². The molecular weight excluding hydrogens is 753 g/mol. The van der Waals surface area contributed by atoms with Gasteiger partial charge in [-0.15, -0.1) is 0 Å². The summed E-state index contributed by atoms with van der Waals surface area (Å²) in [4.78, 5) is 69.8. The van der Waals surface area contributed by atoms with Crippen molar-refractivity contribution in [1.29, 1.82) is 0 Å². The highest BCUT2D eigenvalue weighted by molar-refractivity contribution is 6.07. The van der Waals surface area contributed by atoms with Crippen LogP contribution in [0.15, 0.2) is 11.3 Å². The van der Waals surface area contributed by atoms with Crippen LogP contribution in [0, 0.1) is 29.1 Å². The quantitative estimate of drug-likeness (QED) is 0.239. The van der Waals surface area contributed by atoms with E-state index in [1.165, 1.54) is 17.7 Å². The topological polar surface area (TPSA) is 153 Å². The highest BCUT2D eigenvalue weighted by Gasteiger charge is 2.77. The zero-order chi connectivity index (χ0) is 40.7. The SMILES string of the molecule is COCCOC(=O)N1C(=O)[C@@]2(C3=C1CCCC3)[C@H](C(=O)N1CCN(C3NCCCN3)CC1)[C@H]1C(=O)O[C@H](C3CCCCC3)[C@H](C3CCCCC3)N1[C@@H]2C1CCC(O)CC1. The van der Waals surface area contributed by atoms with Crippen molar-refractivity contribution in [2.45, 2.75) is 159 Å². The van der Waals surface area contributed by atoms with E-state index in [9.17, 15) is 9.90 Å². The number of hydrogen-bond acceptors (Lipinski definition) is 12. The van der Waals surface area contributed by atoms with E-state index in [-0.39, 0.29) is 61.3 Å². The number of nitrogens with zero attached hydrogens (tertiary/aromatic N) is 4. The standard InChI is InChI=1S/C45H70N6O8/c1-57-27-28-58-44(56)50-34-16-9-8-15-33(34)45(42(50)55)35(40(53)48-23-25-49(26-24-48)43-46-21-10-22-47-43)37-41(54)59-38(30-13-6-3-7-14-30)36(29-11-4-2-5-12-29)51(37)39(45)31-17-19-32(52)20-18-31/h29-32,35-39,43,46-47,52H,2-28H2,1H3/t31?,32?,35-,36-,37-,38+,39+,45-/m0/s1. The lowest BCUT2D eigenvalue weighted by Crippen LogP contribution is -2.66. The maximum atomic E-state index is 16.2. The highest BCUT2D eigenvalue weighted by Crippen LogP contribution is 2.65. The van der Waals surface area contributed by atoms with Gasteiger partial charge in [0.25, 0.3) is 0 Å². The molecule has 0 aromatic carbocycles. The average molecular weight is 823 g/mol. The summed E-state index contributed by atoms with van der Waals surface area (Å²) in [5.74, 6) is -1.55. The summed E-state index contributed by atoms with van der Waals surface area (Å²) >= 11 is 0. The third kappa shape index (κ3) is 7.47. The van der Waals surface area contributed by atoms with Crippen LogP contribution in [0.3, 0.4) is 0 Å². The van der Waals surface area contributed by atoms with Gasteiger partial charge in [-0.1, -0.05) is 38.5 Å². The third-order valence-corrected chi connectivity index (χ3v) is 16.3. The van der Waals surface area contributed by atoms with Crippen LogP contribution in [0.25, 0.3) is 0 Å². The lowest BCUT2D eigenvalue weighted by molar-refractivity contribution is -0.191. The Labute approximate surface area is 350 Å². The van der Waals surface area contributed by atoms with E-state index in [0.717, 1.165) is 89.3 Å². The largest absolute Gasteiger partial charge is 0.459 e. The number of morpholine rings is 1. The normalized spacial score (nSPS) is 37.2. The Morgan fingerprint density at radius 2 is 1.44 bits per heavy atom. The van der Waals surface area contributed by atoms with Crippen LogP contribution >= 0.6 is 0 Å². The van der Waals surface area contributed by atoms with E-state index in [1.807, 2.05) is 4.90 Å². The first-order valence-electron chi connectivity index (χ1n) is 23.7. The monoisotopic (exact) mass is 823 g/mol. The minimum absolute atomic E-state index is 0.00388. The van der Waals surface area contributed by atoms with Crippen molar-refractivity contribution in [3.63, 3.8) is 0 Å². The fourth-order valence-electron chi connectivity index (χ4n) is 13.7. The Kier molecular flexibility index (Phi) is 12.7. The number of ether oxygens (including phenoxy) is 3. The first-order chi connectivity index (χ1) is 28.8. The fraction of sp³-hybridized carbons (Fsp3) is 0.867. The number of cyclic esters (lactones) is 1. The molecule has 3 amide bonds. The van der Waals surface area contributed by atoms with Gasteiger partial charge in [0.15, 0.2) is 0 Å². The van der Waals surface area contributed by atoms with Gasteiger partial charge in [0, 0.05) is 45.0 Å². The van der Waals surface area contributed by atoms with Crippen molar-refractivity contribution in [3.8, 4) is 0 Å². The van der Waals surface area contributed by atoms with Crippen LogP contribution in [0.1, 0.15) is 122 Å². The van der Waals surface area contributed by atoms with Gasteiger partial charge in [0.05, 0.1) is 24.7 Å². The highest BCUT2D eigenvalue weighted by atomic mass is 16.6. The second-order valence-corrected chi connectivity index (χ2v) is 19.3. The molecule has 9 rings (SSSR count). The number of rotatable bonds is 8. The van der Waals surface area contributed by atoms with Gasteiger partial charge in [0.2, 0.25) is 11.8 Å². The van der Waals surface area contributed by atoms with Crippen molar-refractivity contribution in [2.24, 2.45) is 29.1 Å². The molecule has 5 aliphatic heterocycles. The summed E-state index contributed by atoms with van der Waals surface area (Å²) in [6, 6.07) is -1.57. The number of esters is 1. The maximum Gasteiger partial charge on any atom is 0.421 e. The summed E-state index contributed by atoms with van der Waals surface area (Å²) in [6.45, 7) is 4.36. The number of aliphatic hydroxyl groups excluding tert-OH is 1. The van der Waals surface area contributed by atoms with Crippen LogP contribution < -0.4 is 10.6 Å². The molecule has 1 spiro atoms. The van der Waals surface area contributed by atoms with Crippen LogP contribution in [-0.2, 0) is 28.6 Å². The number of aliphatic hydroxyl groups is 1. The van der Waals surface area contributed by atoms with E-state index in [1.54, 1.807) is 7.11 Å². The Balaban J connectivity index is 1.20. The van der Waals surface area contributed by atoms with Crippen molar-refractivity contribution in [1.82, 2.24) is 30.2 Å². The number of hydrogen-bond donors (Lipinski definition) is 3. The molecule has 0 aromatic heterocycles. The molecule has 0 bridgehead atoms. The summed E-state index contributed by atoms with van der Waals surface area (Å²) in [7, 11) is 1.55. The molecule has 7 fully saturated rings. The van der Waals surface area contributed by atoms with Crippen LogP contribution in [0.4, 0.5) is 4.79 Å². The lowest BCUT2D eigenvalue weighted by Gasteiger charge is -2.53. The van der Waals surface area contributed by atoms with Gasteiger partial charge < -0.3 is 24.2 Å². The third-order valence-electron chi connectivity index (χ3n) is 16.3. The van der Waals surface area contributed by atoms with Crippen LogP contribution in [0.2, 0.25) is 0 Å². The molecule has 5 heterocycles. The molecule has 9 aliphatic rings. The molecule has 4 aliphatic carbocycles. The van der Waals surface area contributed by atoms with E-state index in [2.05, 4.69) is 20.4 Å². The summed E-state index contributed by atoms with van der Waals surface area (Å²) in [5.41, 5.74) is 0.106. The Hall–Kier alpha value is -2.62. The molecule has 59 heavy (non-hydrogen) atoms. The van der Waals surface area contributed by atoms with Gasteiger partial charge in [-0.3, -0.25) is 34.8 Å². The molecule has 0 aromatic rings. The van der Waals surface area contributed by atoms with Gasteiger partial charge in [0.1, 0.15) is 30.5 Å². The predicted octanol–water partition coefficient (Wildman–Crippen LogP) is 4.11. The number of fused-ring (bicyclic) bond motifs is 2. The minimum atomic E-state index is -1.44. The van der Waals surface area contributed by atoms with E-state index < -0.39 is 41.5 Å². The van der Waals surface area contributed by atoms with Gasteiger partial charge in [-0.2, -0.15) is 0 Å². The number of methoxy groups -OCH3 is 1. The van der Waals surface area contributed by atoms with Crippen molar-refractivity contribution < 1.29 is 38.5 Å².